The second-order valence-corrected chi connectivity index (χ2v) is 4.34. The molecule has 0 aliphatic heterocycles. The molecule has 0 radical (unpaired) electrons. The Morgan fingerprint density at radius 2 is 2.00 bits per heavy atom. The van der Waals surface area contributed by atoms with Crippen molar-refractivity contribution in [2.45, 2.75) is 31.1 Å². The Morgan fingerprint density at radius 1 is 1.31 bits per heavy atom. The van der Waals surface area contributed by atoms with E-state index in [4.69, 9.17) is 15.2 Å². The van der Waals surface area contributed by atoms with Crippen molar-refractivity contribution in [3.05, 3.63) is 35.4 Å². The van der Waals surface area contributed by atoms with Gasteiger partial charge < -0.3 is 15.2 Å². The van der Waals surface area contributed by atoms with E-state index in [9.17, 15) is 0 Å². The van der Waals surface area contributed by atoms with Gasteiger partial charge in [-0.1, -0.05) is 24.3 Å². The normalized spacial score (nSPS) is 20.4. The third-order valence-electron chi connectivity index (χ3n) is 3.33. The van der Waals surface area contributed by atoms with Crippen molar-refractivity contribution in [1.29, 1.82) is 0 Å². The summed E-state index contributed by atoms with van der Waals surface area (Å²) in [4.78, 5) is 0. The van der Waals surface area contributed by atoms with Gasteiger partial charge in [0.05, 0.1) is 6.04 Å². The van der Waals surface area contributed by atoms with Gasteiger partial charge in [0.25, 0.3) is 0 Å². The molecular weight excluding hydrogens is 202 g/mol. The van der Waals surface area contributed by atoms with Crippen molar-refractivity contribution in [2.24, 2.45) is 5.73 Å². The first-order chi connectivity index (χ1) is 7.76. The lowest BCUT2D eigenvalue weighted by Gasteiger charge is -2.33. The molecule has 3 heteroatoms. The Morgan fingerprint density at radius 3 is 2.62 bits per heavy atom. The number of methoxy groups -OCH3 is 2. The minimum absolute atomic E-state index is 0.0617. The van der Waals surface area contributed by atoms with Gasteiger partial charge in [-0.25, -0.2) is 0 Å². The highest BCUT2D eigenvalue weighted by Gasteiger charge is 2.29. The van der Waals surface area contributed by atoms with Gasteiger partial charge in [0, 0.05) is 14.2 Å². The third-order valence-corrected chi connectivity index (χ3v) is 3.33. The van der Waals surface area contributed by atoms with Crippen LogP contribution in [-0.4, -0.2) is 26.6 Å². The standard InChI is InChI=1S/C13H19NO2/c1-15-13(16-2)12(14)8-10-7-9-5-3-4-6-11(9)10/h3-6,10,12-13H,7-8,14H2,1-2H3. The topological polar surface area (TPSA) is 44.5 Å². The maximum Gasteiger partial charge on any atom is 0.171 e. The molecule has 1 aromatic carbocycles. The molecule has 1 aromatic rings. The molecule has 0 saturated carbocycles. The zero-order chi connectivity index (χ0) is 11.5. The molecule has 0 amide bonds. The van der Waals surface area contributed by atoms with Crippen molar-refractivity contribution < 1.29 is 9.47 Å². The van der Waals surface area contributed by atoms with Gasteiger partial charge in [-0.2, -0.15) is 0 Å². The lowest BCUT2D eigenvalue weighted by Crippen LogP contribution is -2.40. The Kier molecular flexibility index (Phi) is 3.59. The predicted molar refractivity (Wildman–Crippen MR) is 63.3 cm³/mol. The van der Waals surface area contributed by atoms with E-state index >= 15 is 0 Å². The highest BCUT2D eigenvalue weighted by atomic mass is 16.7. The first-order valence-electron chi connectivity index (χ1n) is 5.65. The summed E-state index contributed by atoms with van der Waals surface area (Å²) >= 11 is 0. The molecule has 0 spiro atoms. The summed E-state index contributed by atoms with van der Waals surface area (Å²) in [5, 5.41) is 0. The smallest absolute Gasteiger partial charge is 0.171 e. The molecular formula is C13H19NO2. The number of hydrogen-bond donors (Lipinski definition) is 1. The van der Waals surface area contributed by atoms with Crippen LogP contribution in [0.2, 0.25) is 0 Å². The zero-order valence-electron chi connectivity index (χ0n) is 9.85. The highest BCUT2D eigenvalue weighted by molar-refractivity contribution is 5.39. The molecule has 2 unspecified atom stereocenters. The molecule has 2 atom stereocenters. The van der Waals surface area contributed by atoms with Gasteiger partial charge in [-0.15, -0.1) is 0 Å². The maximum atomic E-state index is 6.06. The third kappa shape index (κ3) is 2.12. The summed E-state index contributed by atoms with van der Waals surface area (Å²) < 4.78 is 10.3. The van der Waals surface area contributed by atoms with Gasteiger partial charge in [0.2, 0.25) is 0 Å². The van der Waals surface area contributed by atoms with Crippen LogP contribution in [0.1, 0.15) is 23.5 Å². The van der Waals surface area contributed by atoms with E-state index in [0.29, 0.717) is 5.92 Å². The number of rotatable bonds is 5. The summed E-state index contributed by atoms with van der Waals surface area (Å²) in [5.74, 6) is 0.569. The fraction of sp³-hybridized carbons (Fsp3) is 0.538. The number of fused-ring (bicyclic) bond motifs is 1. The van der Waals surface area contributed by atoms with Crippen LogP contribution in [0.25, 0.3) is 0 Å². The fourth-order valence-corrected chi connectivity index (χ4v) is 2.46. The van der Waals surface area contributed by atoms with Crippen LogP contribution in [0.3, 0.4) is 0 Å². The summed E-state index contributed by atoms with van der Waals surface area (Å²) in [5.41, 5.74) is 8.94. The Labute approximate surface area is 96.5 Å². The molecule has 16 heavy (non-hydrogen) atoms. The molecule has 2 N–H and O–H groups in total. The Bertz CT molecular complexity index is 350. The van der Waals surface area contributed by atoms with Crippen LogP contribution >= 0.6 is 0 Å². The Hall–Kier alpha value is -0.900. The first kappa shape index (κ1) is 11.6. The van der Waals surface area contributed by atoms with Crippen LogP contribution < -0.4 is 5.73 Å². The van der Waals surface area contributed by atoms with Gasteiger partial charge in [-0.3, -0.25) is 0 Å². The Balaban J connectivity index is 1.93. The van der Waals surface area contributed by atoms with Gasteiger partial charge in [0.1, 0.15) is 0 Å². The molecule has 2 rings (SSSR count). The molecule has 0 heterocycles. The molecule has 3 nitrogen and oxygen atoms in total. The molecule has 0 bridgehead atoms. The largest absolute Gasteiger partial charge is 0.354 e. The van der Waals surface area contributed by atoms with Crippen molar-refractivity contribution in [3.8, 4) is 0 Å². The zero-order valence-corrected chi connectivity index (χ0v) is 9.85. The molecule has 0 fully saturated rings. The average Bonchev–Trinajstić information content (AvgIpc) is 2.27. The monoisotopic (exact) mass is 221 g/mol. The van der Waals surface area contributed by atoms with Crippen LogP contribution in [0, 0.1) is 0 Å². The summed E-state index contributed by atoms with van der Waals surface area (Å²) in [6.45, 7) is 0. The minimum Gasteiger partial charge on any atom is -0.354 e. The summed E-state index contributed by atoms with van der Waals surface area (Å²) in [6, 6.07) is 8.48. The van der Waals surface area contributed by atoms with Crippen molar-refractivity contribution in [2.75, 3.05) is 14.2 Å². The molecule has 1 aliphatic carbocycles. The average molecular weight is 221 g/mol. The second-order valence-electron chi connectivity index (χ2n) is 4.34. The summed E-state index contributed by atoms with van der Waals surface area (Å²) in [7, 11) is 3.26. The predicted octanol–water partition coefficient (Wildman–Crippen LogP) is 1.66. The highest BCUT2D eigenvalue weighted by Crippen LogP contribution is 2.38. The number of nitrogens with two attached hydrogens (primary N) is 1. The van der Waals surface area contributed by atoms with Gasteiger partial charge >= 0.3 is 0 Å². The first-order valence-corrected chi connectivity index (χ1v) is 5.65. The second kappa shape index (κ2) is 4.95. The fourth-order valence-electron chi connectivity index (χ4n) is 2.46. The van der Waals surface area contributed by atoms with Gasteiger partial charge in [-0.05, 0) is 29.9 Å². The van der Waals surface area contributed by atoms with E-state index in [1.165, 1.54) is 11.1 Å². The van der Waals surface area contributed by atoms with E-state index < -0.39 is 0 Å². The lowest BCUT2D eigenvalue weighted by atomic mass is 9.74. The van der Waals surface area contributed by atoms with Gasteiger partial charge in [0.15, 0.2) is 6.29 Å². The van der Waals surface area contributed by atoms with Crippen LogP contribution in [0.5, 0.6) is 0 Å². The van der Waals surface area contributed by atoms with Crippen molar-refractivity contribution in [1.82, 2.24) is 0 Å². The van der Waals surface area contributed by atoms with E-state index in [0.717, 1.165) is 12.8 Å². The molecule has 1 aliphatic rings. The van der Waals surface area contributed by atoms with Crippen LogP contribution in [-0.2, 0) is 15.9 Å². The summed E-state index contributed by atoms with van der Waals surface area (Å²) in [6.07, 6.45) is 1.75. The molecule has 0 aromatic heterocycles. The van der Waals surface area contributed by atoms with Crippen LogP contribution in [0.15, 0.2) is 24.3 Å². The molecule has 0 saturated heterocycles. The van der Waals surface area contributed by atoms with Crippen LogP contribution in [0.4, 0.5) is 0 Å². The van der Waals surface area contributed by atoms with Crippen molar-refractivity contribution in [3.63, 3.8) is 0 Å². The number of hydrogen-bond acceptors (Lipinski definition) is 3. The quantitative estimate of drug-likeness (QED) is 0.769. The van der Waals surface area contributed by atoms with E-state index in [1.54, 1.807) is 14.2 Å². The SMILES string of the molecule is COC(OC)C(N)CC1Cc2ccccc21. The number of ether oxygens (including phenoxy) is 2. The van der Waals surface area contributed by atoms with E-state index in [1.807, 2.05) is 0 Å². The van der Waals surface area contributed by atoms with Crippen molar-refractivity contribution >= 4 is 0 Å². The maximum absolute atomic E-state index is 6.06. The van der Waals surface area contributed by atoms with E-state index in [-0.39, 0.29) is 12.3 Å². The molecule has 88 valence electrons. The minimum atomic E-state index is -0.298. The lowest BCUT2D eigenvalue weighted by molar-refractivity contribution is -0.118. The van der Waals surface area contributed by atoms with E-state index in [2.05, 4.69) is 24.3 Å². The number of benzene rings is 1.